The Labute approximate surface area is 318 Å². The lowest BCUT2D eigenvalue weighted by molar-refractivity contribution is 0.672. The molecular weight excluding hydrogens is 689 g/mol. The molecule has 0 aliphatic carbocycles. The lowest BCUT2D eigenvalue weighted by Crippen LogP contribution is -2.02. The van der Waals surface area contributed by atoms with E-state index in [-0.39, 0.29) is 0 Å². The molecule has 0 aliphatic rings. The second-order valence-electron chi connectivity index (χ2n) is 14.3. The van der Waals surface area contributed by atoms with Crippen LogP contribution < -0.4 is 0 Å². The van der Waals surface area contributed by atoms with E-state index < -0.39 is 0 Å². The van der Waals surface area contributed by atoms with Crippen LogP contribution in [0.25, 0.3) is 110 Å². The molecule has 0 unspecified atom stereocenters. The summed E-state index contributed by atoms with van der Waals surface area (Å²) in [5, 5.41) is 29.1. The number of aromatic nitrogens is 2. The third-order valence-corrected chi connectivity index (χ3v) is 11.4. The quantitative estimate of drug-likeness (QED) is 0.182. The lowest BCUT2D eigenvalue weighted by atomic mass is 9.97. The van der Waals surface area contributed by atoms with Gasteiger partial charge < -0.3 is 18.0 Å². The van der Waals surface area contributed by atoms with Crippen molar-refractivity contribution in [3.8, 4) is 34.6 Å². The van der Waals surface area contributed by atoms with Crippen LogP contribution >= 0.6 is 0 Å². The van der Waals surface area contributed by atoms with Gasteiger partial charge in [0.05, 0.1) is 67.5 Å². The van der Waals surface area contributed by atoms with Crippen molar-refractivity contribution < 1.29 is 8.83 Å². The smallest absolute Gasteiger partial charge is 0.145 e. The molecule has 0 spiro atoms. The summed E-state index contributed by atoms with van der Waals surface area (Å²) in [6, 6.07) is 58.1. The first-order chi connectivity index (χ1) is 27.7. The minimum absolute atomic E-state index is 0.517. The summed E-state index contributed by atoms with van der Waals surface area (Å²) in [6.07, 6.45) is 0. The van der Waals surface area contributed by atoms with Gasteiger partial charge in [0.25, 0.3) is 0 Å². The van der Waals surface area contributed by atoms with E-state index in [1.165, 1.54) is 0 Å². The maximum absolute atomic E-state index is 10.3. The molecule has 0 saturated heterocycles. The normalized spacial score (nSPS) is 11.9. The van der Waals surface area contributed by atoms with Gasteiger partial charge in [0.1, 0.15) is 22.3 Å². The third-order valence-electron chi connectivity index (χ3n) is 11.4. The van der Waals surface area contributed by atoms with E-state index >= 15 is 0 Å². The molecule has 0 aliphatic heterocycles. The Morgan fingerprint density at radius 2 is 0.786 bits per heavy atom. The topological polar surface area (TPSA) is 83.7 Å². The van der Waals surface area contributed by atoms with Gasteiger partial charge in [0.2, 0.25) is 0 Å². The highest BCUT2D eigenvalue weighted by molar-refractivity contribution is 6.25. The zero-order chi connectivity index (χ0) is 37.1. The van der Waals surface area contributed by atoms with Crippen molar-refractivity contribution in [2.45, 2.75) is 0 Å². The maximum Gasteiger partial charge on any atom is 0.145 e. The van der Waals surface area contributed by atoms with Gasteiger partial charge in [-0.2, -0.15) is 10.5 Å². The van der Waals surface area contributed by atoms with Gasteiger partial charge in [-0.25, -0.2) is 0 Å². The van der Waals surface area contributed by atoms with Gasteiger partial charge >= 0.3 is 0 Å². The van der Waals surface area contributed by atoms with Gasteiger partial charge in [-0.15, -0.1) is 0 Å². The summed E-state index contributed by atoms with van der Waals surface area (Å²) >= 11 is 0. The number of fused-ring (bicyclic) bond motifs is 14. The summed E-state index contributed by atoms with van der Waals surface area (Å²) in [4.78, 5) is 0. The lowest BCUT2D eigenvalue weighted by Gasteiger charge is -2.19. The van der Waals surface area contributed by atoms with Crippen molar-refractivity contribution in [1.29, 1.82) is 10.5 Å². The minimum atomic E-state index is 0.517. The van der Waals surface area contributed by atoms with E-state index in [2.05, 4.69) is 106 Å². The van der Waals surface area contributed by atoms with E-state index in [0.717, 1.165) is 110 Å². The fraction of sp³-hybridized carbons (Fsp3) is 0. The average molecular weight is 715 g/mol. The molecule has 6 nitrogen and oxygen atoms in total. The monoisotopic (exact) mass is 714 g/mol. The summed E-state index contributed by atoms with van der Waals surface area (Å²) in [6.45, 7) is 0. The summed E-state index contributed by atoms with van der Waals surface area (Å²) in [5.41, 5.74) is 11.7. The Balaban J connectivity index is 1.20. The molecule has 0 atom stereocenters. The molecule has 0 radical (unpaired) electrons. The van der Waals surface area contributed by atoms with Crippen molar-refractivity contribution in [2.75, 3.05) is 0 Å². The fourth-order valence-electron chi connectivity index (χ4n) is 9.02. The Morgan fingerprint density at radius 1 is 0.375 bits per heavy atom. The van der Waals surface area contributed by atoms with Crippen LogP contribution in [0.4, 0.5) is 0 Å². The van der Waals surface area contributed by atoms with Crippen molar-refractivity contribution in [3.63, 3.8) is 0 Å². The molecule has 12 aromatic rings. The van der Waals surface area contributed by atoms with E-state index in [1.807, 2.05) is 72.8 Å². The van der Waals surface area contributed by atoms with Gasteiger partial charge in [-0.3, -0.25) is 0 Å². The number of rotatable bonds is 3. The van der Waals surface area contributed by atoms with Gasteiger partial charge in [0.15, 0.2) is 0 Å². The molecule has 0 saturated carbocycles. The highest BCUT2D eigenvalue weighted by atomic mass is 16.3. The number of para-hydroxylation sites is 4. The van der Waals surface area contributed by atoms with E-state index in [9.17, 15) is 10.5 Å². The van der Waals surface area contributed by atoms with Crippen LogP contribution in [0.5, 0.6) is 0 Å². The zero-order valence-corrected chi connectivity index (χ0v) is 29.6. The Morgan fingerprint density at radius 3 is 1.23 bits per heavy atom. The highest BCUT2D eigenvalue weighted by Crippen LogP contribution is 2.45. The largest absolute Gasteiger partial charge is 0.455 e. The molecule has 0 amide bonds. The molecule has 258 valence electrons. The van der Waals surface area contributed by atoms with Crippen LogP contribution in [-0.4, -0.2) is 9.13 Å². The number of hydrogen-bond donors (Lipinski definition) is 0. The van der Waals surface area contributed by atoms with Crippen LogP contribution in [0, 0.1) is 22.7 Å². The van der Waals surface area contributed by atoms with Crippen LogP contribution in [-0.2, 0) is 0 Å². The van der Waals surface area contributed by atoms with Crippen LogP contribution in [0.2, 0.25) is 0 Å². The zero-order valence-electron chi connectivity index (χ0n) is 29.6. The summed E-state index contributed by atoms with van der Waals surface area (Å²) < 4.78 is 17.7. The van der Waals surface area contributed by atoms with Crippen molar-refractivity contribution in [3.05, 3.63) is 169 Å². The van der Waals surface area contributed by atoms with Gasteiger partial charge in [-0.05, 0) is 84.9 Å². The van der Waals surface area contributed by atoms with Crippen molar-refractivity contribution in [2.24, 2.45) is 0 Å². The number of benzene rings is 8. The fourth-order valence-corrected chi connectivity index (χ4v) is 9.02. The van der Waals surface area contributed by atoms with Crippen molar-refractivity contribution in [1.82, 2.24) is 9.13 Å². The molecular formula is C50H26N4O2. The average Bonchev–Trinajstić information content (AvgIpc) is 4.00. The molecule has 12 rings (SSSR count). The number of nitrogens with zero attached hydrogens (tertiary/aromatic N) is 4. The maximum atomic E-state index is 10.3. The molecule has 0 fully saturated rings. The standard InChI is InChI=1S/C50H26N4O2/c51-27-29-17-21-41(53-39-13-5-1-11-35(39)47-43(53)23-19-33-31-9-3-7-15-45(31)55-49(33)47)37(25-29)38-26-30(28-52)18-22-42(38)54-40-14-6-2-12-36(40)48-44(54)24-20-34-32-10-4-8-16-46(32)56-50(34)48/h1-26H. The second kappa shape index (κ2) is 11.2. The third kappa shape index (κ3) is 4.02. The number of hydrogen-bond acceptors (Lipinski definition) is 4. The molecule has 0 bridgehead atoms. The van der Waals surface area contributed by atoms with Crippen LogP contribution in [0.15, 0.2) is 167 Å². The first-order valence-electron chi connectivity index (χ1n) is 18.5. The van der Waals surface area contributed by atoms with Gasteiger partial charge in [0, 0.05) is 43.4 Å². The van der Waals surface area contributed by atoms with Crippen molar-refractivity contribution >= 4 is 87.5 Å². The predicted molar refractivity (Wildman–Crippen MR) is 225 cm³/mol. The highest BCUT2D eigenvalue weighted by Gasteiger charge is 2.24. The summed E-state index contributed by atoms with van der Waals surface area (Å²) in [7, 11) is 0. The minimum Gasteiger partial charge on any atom is -0.455 e. The SMILES string of the molecule is N#Cc1ccc(-n2c3ccccc3c3c4oc5ccccc5c4ccc32)c(-c2cc(C#N)ccc2-n2c3ccccc3c3c4oc5ccccc5c4ccc32)c1. The van der Waals surface area contributed by atoms with Crippen LogP contribution in [0.3, 0.4) is 0 Å². The molecule has 4 aromatic heterocycles. The van der Waals surface area contributed by atoms with Crippen LogP contribution in [0.1, 0.15) is 11.1 Å². The predicted octanol–water partition coefficient (Wildman–Crippen LogP) is 13.1. The first kappa shape index (κ1) is 30.4. The first-order valence-corrected chi connectivity index (χ1v) is 18.5. The van der Waals surface area contributed by atoms with Gasteiger partial charge in [-0.1, -0.05) is 72.8 Å². The Hall–Kier alpha value is -8.06. The number of nitriles is 2. The molecule has 6 heteroatoms. The summed E-state index contributed by atoms with van der Waals surface area (Å²) in [5.74, 6) is 0. The molecule has 56 heavy (non-hydrogen) atoms. The second-order valence-corrected chi connectivity index (χ2v) is 14.3. The Bertz CT molecular complexity index is 3500. The number of furan rings is 2. The van der Waals surface area contributed by atoms with E-state index in [1.54, 1.807) is 0 Å². The molecule has 0 N–H and O–H groups in total. The van der Waals surface area contributed by atoms with E-state index in [4.69, 9.17) is 8.83 Å². The molecule has 8 aromatic carbocycles. The van der Waals surface area contributed by atoms with E-state index in [0.29, 0.717) is 11.1 Å². The molecule has 4 heterocycles. The Kier molecular flexibility index (Phi) is 6.10.